The van der Waals surface area contributed by atoms with Gasteiger partial charge in [0.15, 0.2) is 0 Å². The summed E-state index contributed by atoms with van der Waals surface area (Å²) in [5, 5.41) is -1.35. The van der Waals surface area contributed by atoms with Gasteiger partial charge in [-0.2, -0.15) is 0 Å². The first-order valence-corrected chi connectivity index (χ1v) is 5.21. The third kappa shape index (κ3) is 3.14. The van der Waals surface area contributed by atoms with Crippen LogP contribution < -0.4 is 5.73 Å². The zero-order valence-corrected chi connectivity index (χ0v) is 7.70. The largest absolute Gasteiger partial charge is 0.747 e. The van der Waals surface area contributed by atoms with E-state index >= 15 is 0 Å². The topological polar surface area (TPSA) is 83.2 Å². The summed E-state index contributed by atoms with van der Waals surface area (Å²) in [6.45, 7) is 0. The Morgan fingerprint density at radius 2 is 1.85 bits per heavy atom. The molecule has 0 amide bonds. The molecule has 2 N–H and O–H groups in total. The van der Waals surface area contributed by atoms with E-state index in [1.165, 1.54) is 0 Å². The maximum absolute atomic E-state index is 10.5. The van der Waals surface area contributed by atoms with Crippen molar-refractivity contribution >= 4 is 10.1 Å². The summed E-state index contributed by atoms with van der Waals surface area (Å²) in [6.07, 6.45) is 0.0622. The lowest BCUT2D eigenvalue weighted by Crippen LogP contribution is -2.32. The van der Waals surface area contributed by atoms with Crippen molar-refractivity contribution in [2.24, 2.45) is 5.73 Å². The molecule has 1 atom stereocenters. The smallest absolute Gasteiger partial charge is 0.111 e. The number of rotatable bonds is 3. The first-order chi connectivity index (χ1) is 6.00. The molecule has 0 fully saturated rings. The van der Waals surface area contributed by atoms with Crippen LogP contribution in [0.15, 0.2) is 30.3 Å². The van der Waals surface area contributed by atoms with E-state index in [1.807, 2.05) is 0 Å². The number of benzene rings is 1. The van der Waals surface area contributed by atoms with Gasteiger partial charge >= 0.3 is 0 Å². The highest BCUT2D eigenvalue weighted by Gasteiger charge is 2.10. The number of hydrogen-bond acceptors (Lipinski definition) is 4. The highest BCUT2D eigenvalue weighted by Crippen LogP contribution is 2.04. The SMILES string of the molecule is NC(Cc1ccccc1)S(=O)(=O)[O-]. The van der Waals surface area contributed by atoms with Gasteiger partial charge < -0.3 is 10.3 Å². The summed E-state index contributed by atoms with van der Waals surface area (Å²) in [7, 11) is -4.37. The second-order valence-electron chi connectivity index (χ2n) is 2.72. The van der Waals surface area contributed by atoms with Crippen LogP contribution in [-0.2, 0) is 16.5 Å². The average Bonchev–Trinajstić information content (AvgIpc) is 2.04. The molecule has 1 aromatic rings. The Hall–Kier alpha value is -0.910. The molecule has 72 valence electrons. The van der Waals surface area contributed by atoms with E-state index in [2.05, 4.69) is 0 Å². The van der Waals surface area contributed by atoms with Gasteiger partial charge in [-0.1, -0.05) is 30.3 Å². The summed E-state index contributed by atoms with van der Waals surface area (Å²) in [6, 6.07) is 8.79. The van der Waals surface area contributed by atoms with Crippen LogP contribution in [0.4, 0.5) is 0 Å². The maximum atomic E-state index is 10.5. The maximum Gasteiger partial charge on any atom is 0.111 e. The molecule has 0 aliphatic heterocycles. The molecule has 0 aliphatic carbocycles. The van der Waals surface area contributed by atoms with Gasteiger partial charge in [0.05, 0.1) is 5.37 Å². The quantitative estimate of drug-likeness (QED) is 0.699. The summed E-state index contributed by atoms with van der Waals surface area (Å²) in [5.74, 6) is 0. The molecule has 1 rings (SSSR count). The molecule has 0 saturated carbocycles. The van der Waals surface area contributed by atoms with Crippen molar-refractivity contribution < 1.29 is 13.0 Å². The lowest BCUT2D eigenvalue weighted by atomic mass is 10.2. The van der Waals surface area contributed by atoms with Crippen LogP contribution in [0.5, 0.6) is 0 Å². The Morgan fingerprint density at radius 3 is 2.31 bits per heavy atom. The highest BCUT2D eigenvalue weighted by atomic mass is 32.2. The minimum atomic E-state index is -4.37. The molecule has 0 radical (unpaired) electrons. The molecule has 0 bridgehead atoms. The summed E-state index contributed by atoms with van der Waals surface area (Å²) in [5.41, 5.74) is 5.93. The molecule has 0 aromatic heterocycles. The molecular formula is C8H10NO3S-. The van der Waals surface area contributed by atoms with E-state index in [0.29, 0.717) is 0 Å². The van der Waals surface area contributed by atoms with Crippen molar-refractivity contribution in [1.82, 2.24) is 0 Å². The molecule has 4 nitrogen and oxygen atoms in total. The Morgan fingerprint density at radius 1 is 1.31 bits per heavy atom. The Bertz CT molecular complexity index is 360. The van der Waals surface area contributed by atoms with Crippen LogP contribution in [0.25, 0.3) is 0 Å². The highest BCUT2D eigenvalue weighted by molar-refractivity contribution is 7.86. The van der Waals surface area contributed by atoms with Crippen LogP contribution in [0.3, 0.4) is 0 Å². The second kappa shape index (κ2) is 3.87. The second-order valence-corrected chi connectivity index (χ2v) is 4.31. The molecule has 0 saturated heterocycles. The lowest BCUT2D eigenvalue weighted by Gasteiger charge is -2.15. The molecule has 13 heavy (non-hydrogen) atoms. The van der Waals surface area contributed by atoms with Gasteiger partial charge in [-0.3, -0.25) is 0 Å². The van der Waals surface area contributed by atoms with E-state index < -0.39 is 15.5 Å². The first-order valence-electron chi connectivity index (χ1n) is 3.74. The van der Waals surface area contributed by atoms with Crippen molar-refractivity contribution in [3.8, 4) is 0 Å². The van der Waals surface area contributed by atoms with E-state index in [9.17, 15) is 13.0 Å². The van der Waals surface area contributed by atoms with Gasteiger partial charge in [0.1, 0.15) is 10.1 Å². The van der Waals surface area contributed by atoms with Crippen LogP contribution in [0.2, 0.25) is 0 Å². The van der Waals surface area contributed by atoms with Crippen molar-refractivity contribution in [2.75, 3.05) is 0 Å². The molecule has 1 aromatic carbocycles. The zero-order chi connectivity index (χ0) is 9.90. The third-order valence-corrected chi connectivity index (χ3v) is 2.56. The van der Waals surface area contributed by atoms with Crippen molar-refractivity contribution in [3.05, 3.63) is 35.9 Å². The monoisotopic (exact) mass is 200 g/mol. The minimum absolute atomic E-state index is 0.0622. The molecule has 0 spiro atoms. The van der Waals surface area contributed by atoms with E-state index in [1.54, 1.807) is 30.3 Å². The zero-order valence-electron chi connectivity index (χ0n) is 6.88. The van der Waals surface area contributed by atoms with E-state index in [0.717, 1.165) is 5.56 Å². The van der Waals surface area contributed by atoms with Gasteiger partial charge in [0.2, 0.25) is 0 Å². The molecule has 0 heterocycles. The lowest BCUT2D eigenvalue weighted by molar-refractivity contribution is 0.448. The third-order valence-electron chi connectivity index (χ3n) is 1.65. The Balaban J connectivity index is 2.72. The van der Waals surface area contributed by atoms with E-state index in [4.69, 9.17) is 5.73 Å². The van der Waals surface area contributed by atoms with Gasteiger partial charge in [-0.25, -0.2) is 8.42 Å². The summed E-state index contributed by atoms with van der Waals surface area (Å²) < 4.78 is 31.4. The first kappa shape index (κ1) is 10.2. The van der Waals surface area contributed by atoms with Crippen LogP contribution in [0, 0.1) is 0 Å². The van der Waals surface area contributed by atoms with Crippen molar-refractivity contribution in [1.29, 1.82) is 0 Å². The Kier molecular flexibility index (Phi) is 3.02. The van der Waals surface area contributed by atoms with Gasteiger partial charge in [0.25, 0.3) is 0 Å². The fourth-order valence-electron chi connectivity index (χ4n) is 0.948. The predicted octanol–water partition coefficient (Wildman–Crippen LogP) is 0.0591. The molecule has 1 unspecified atom stereocenters. The standard InChI is InChI=1S/C8H11NO3S/c9-8(13(10,11)12)6-7-4-2-1-3-5-7/h1-5,8H,6,9H2,(H,10,11,12)/p-1. The van der Waals surface area contributed by atoms with Crippen LogP contribution in [-0.4, -0.2) is 18.3 Å². The molecule has 5 heteroatoms. The van der Waals surface area contributed by atoms with Crippen molar-refractivity contribution in [2.45, 2.75) is 11.8 Å². The van der Waals surface area contributed by atoms with Crippen molar-refractivity contribution in [3.63, 3.8) is 0 Å². The normalized spacial score (nSPS) is 14.0. The van der Waals surface area contributed by atoms with Crippen LogP contribution in [0.1, 0.15) is 5.56 Å². The van der Waals surface area contributed by atoms with Gasteiger partial charge in [0, 0.05) is 6.42 Å². The molecular weight excluding hydrogens is 190 g/mol. The van der Waals surface area contributed by atoms with Gasteiger partial charge in [-0.05, 0) is 5.56 Å². The number of nitrogens with two attached hydrogens (primary N) is 1. The fourth-order valence-corrected chi connectivity index (χ4v) is 1.35. The minimum Gasteiger partial charge on any atom is -0.747 e. The predicted molar refractivity (Wildman–Crippen MR) is 47.8 cm³/mol. The summed E-state index contributed by atoms with van der Waals surface area (Å²) in [4.78, 5) is 0. The van der Waals surface area contributed by atoms with E-state index in [-0.39, 0.29) is 6.42 Å². The summed E-state index contributed by atoms with van der Waals surface area (Å²) >= 11 is 0. The fraction of sp³-hybridized carbons (Fsp3) is 0.250. The van der Waals surface area contributed by atoms with Gasteiger partial charge in [-0.15, -0.1) is 0 Å². The van der Waals surface area contributed by atoms with Crippen LogP contribution >= 0.6 is 0 Å². The Labute approximate surface area is 77.1 Å². The average molecular weight is 200 g/mol. The molecule has 0 aliphatic rings. The number of hydrogen-bond donors (Lipinski definition) is 1.